The number of carboxylic acid groups (broad SMARTS) is 1. The predicted octanol–water partition coefficient (Wildman–Crippen LogP) is 0.232. The van der Waals surface area contributed by atoms with Gasteiger partial charge in [0.15, 0.2) is 0 Å². The third-order valence-electron chi connectivity index (χ3n) is 2.01. The van der Waals surface area contributed by atoms with E-state index >= 15 is 0 Å². The number of sulfonamides is 1. The minimum absolute atomic E-state index is 0.112. The van der Waals surface area contributed by atoms with Crippen LogP contribution in [0.15, 0.2) is 23.2 Å². The maximum absolute atomic E-state index is 11.8. The molecule has 0 saturated carbocycles. The Kier molecular flexibility index (Phi) is 4.62. The molecule has 1 aromatic heterocycles. The average Bonchev–Trinajstić information content (AvgIpc) is 2.29. The molecule has 1 rings (SSSR count). The van der Waals surface area contributed by atoms with Gasteiger partial charge in [-0.25, -0.2) is 13.4 Å². The Morgan fingerprint density at radius 2 is 2.22 bits per heavy atom. The van der Waals surface area contributed by atoms with E-state index in [1.54, 1.807) is 6.92 Å². The van der Waals surface area contributed by atoms with Crippen LogP contribution in [0.25, 0.3) is 0 Å². The Balaban J connectivity index is 2.88. The lowest BCUT2D eigenvalue weighted by Crippen LogP contribution is -2.38. The Bertz CT molecular complexity index is 512. The fourth-order valence-corrected chi connectivity index (χ4v) is 2.25. The van der Waals surface area contributed by atoms with Crippen molar-refractivity contribution in [3.05, 3.63) is 18.3 Å². The molecule has 0 radical (unpaired) electrons. The van der Waals surface area contributed by atoms with E-state index in [2.05, 4.69) is 4.98 Å². The molecule has 0 spiro atoms. The number of hydrogen-bond acceptors (Lipinski definition) is 5. The van der Waals surface area contributed by atoms with Gasteiger partial charge in [-0.3, -0.25) is 4.79 Å². The molecule has 0 aromatic carbocycles. The molecule has 0 aliphatic heterocycles. The highest BCUT2D eigenvalue weighted by Gasteiger charge is 2.21. The van der Waals surface area contributed by atoms with E-state index in [0.717, 1.165) is 6.20 Å². The molecular weight excluding hydrogens is 260 g/mol. The van der Waals surface area contributed by atoms with Crippen LogP contribution in [-0.4, -0.2) is 37.1 Å². The Hall–Kier alpha value is -1.67. The molecule has 0 aliphatic rings. The van der Waals surface area contributed by atoms with Crippen molar-refractivity contribution in [2.24, 2.45) is 0 Å². The molecule has 1 atom stereocenters. The Labute approximate surface area is 105 Å². The maximum atomic E-state index is 11.8. The first-order chi connectivity index (χ1) is 8.36. The number of pyridine rings is 1. The summed E-state index contributed by atoms with van der Waals surface area (Å²) >= 11 is 0. The molecule has 0 amide bonds. The van der Waals surface area contributed by atoms with Gasteiger partial charge in [0.1, 0.15) is 10.9 Å². The van der Waals surface area contributed by atoms with Gasteiger partial charge in [-0.2, -0.15) is 4.72 Å². The fraction of sp³-hybridized carbons (Fsp3) is 0.400. The standard InChI is InChI=1S/C10H14N2O5S/c1-3-17-9-5-4-8(6-11-9)18(15,16)12-7(2)10(13)14/h4-7,12H,3H2,1-2H3,(H,13,14)/t7-/m1/s1. The zero-order valence-corrected chi connectivity index (χ0v) is 10.8. The molecule has 8 heteroatoms. The third kappa shape index (κ3) is 3.67. The number of nitrogens with zero attached hydrogens (tertiary/aromatic N) is 1. The zero-order valence-electron chi connectivity index (χ0n) is 9.95. The Morgan fingerprint density at radius 3 is 2.67 bits per heavy atom. The topological polar surface area (TPSA) is 106 Å². The van der Waals surface area contributed by atoms with E-state index in [9.17, 15) is 13.2 Å². The fourth-order valence-electron chi connectivity index (χ4n) is 1.11. The molecule has 2 N–H and O–H groups in total. The molecule has 18 heavy (non-hydrogen) atoms. The quantitative estimate of drug-likeness (QED) is 0.769. The van der Waals surface area contributed by atoms with Crippen LogP contribution >= 0.6 is 0 Å². The summed E-state index contributed by atoms with van der Waals surface area (Å²) in [6.07, 6.45) is 1.11. The summed E-state index contributed by atoms with van der Waals surface area (Å²) in [6.45, 7) is 3.44. The predicted molar refractivity (Wildman–Crippen MR) is 62.8 cm³/mol. The summed E-state index contributed by atoms with van der Waals surface area (Å²) in [5, 5.41) is 8.64. The highest BCUT2D eigenvalue weighted by atomic mass is 32.2. The van der Waals surface area contributed by atoms with Gasteiger partial charge < -0.3 is 9.84 Å². The number of hydrogen-bond donors (Lipinski definition) is 2. The monoisotopic (exact) mass is 274 g/mol. The van der Waals surface area contributed by atoms with Crippen LogP contribution in [0.2, 0.25) is 0 Å². The normalized spacial score (nSPS) is 13.0. The van der Waals surface area contributed by atoms with Crippen molar-refractivity contribution < 1.29 is 23.1 Å². The van der Waals surface area contributed by atoms with Gasteiger partial charge in [-0.05, 0) is 19.9 Å². The van der Waals surface area contributed by atoms with E-state index in [1.165, 1.54) is 19.1 Å². The molecule has 1 aromatic rings. The van der Waals surface area contributed by atoms with Gasteiger partial charge in [0.2, 0.25) is 15.9 Å². The van der Waals surface area contributed by atoms with Crippen molar-refractivity contribution in [1.82, 2.24) is 9.71 Å². The summed E-state index contributed by atoms with van der Waals surface area (Å²) < 4.78 is 30.6. The van der Waals surface area contributed by atoms with Crippen molar-refractivity contribution in [3.63, 3.8) is 0 Å². The van der Waals surface area contributed by atoms with E-state index < -0.39 is 22.0 Å². The van der Waals surface area contributed by atoms with Crippen molar-refractivity contribution in [2.75, 3.05) is 6.61 Å². The van der Waals surface area contributed by atoms with Gasteiger partial charge in [0.05, 0.1) is 12.8 Å². The van der Waals surface area contributed by atoms with Gasteiger partial charge >= 0.3 is 5.97 Å². The minimum Gasteiger partial charge on any atom is -0.480 e. The van der Waals surface area contributed by atoms with Crippen molar-refractivity contribution in [2.45, 2.75) is 24.8 Å². The second-order valence-corrected chi connectivity index (χ2v) is 5.16. The van der Waals surface area contributed by atoms with Crippen LogP contribution in [0.3, 0.4) is 0 Å². The largest absolute Gasteiger partial charge is 0.480 e. The number of nitrogens with one attached hydrogen (secondary N) is 1. The number of ether oxygens (including phenoxy) is 1. The molecule has 1 heterocycles. The van der Waals surface area contributed by atoms with Gasteiger partial charge in [0.25, 0.3) is 0 Å². The molecule has 0 bridgehead atoms. The number of carbonyl (C=O) groups is 1. The number of carboxylic acids is 1. The molecular formula is C10H14N2O5S. The smallest absolute Gasteiger partial charge is 0.321 e. The lowest BCUT2D eigenvalue weighted by atomic mass is 10.4. The lowest BCUT2D eigenvalue weighted by Gasteiger charge is -2.10. The number of aromatic nitrogens is 1. The molecule has 0 saturated heterocycles. The summed E-state index contributed by atoms with van der Waals surface area (Å²) in [5.41, 5.74) is 0. The molecule has 100 valence electrons. The van der Waals surface area contributed by atoms with Crippen LogP contribution in [-0.2, 0) is 14.8 Å². The highest BCUT2D eigenvalue weighted by molar-refractivity contribution is 7.89. The lowest BCUT2D eigenvalue weighted by molar-refractivity contribution is -0.138. The van der Waals surface area contributed by atoms with Gasteiger partial charge in [-0.1, -0.05) is 0 Å². The van der Waals surface area contributed by atoms with E-state index in [4.69, 9.17) is 9.84 Å². The summed E-state index contributed by atoms with van der Waals surface area (Å²) in [4.78, 5) is 14.3. The first-order valence-corrected chi connectivity index (χ1v) is 6.69. The Morgan fingerprint density at radius 1 is 1.56 bits per heavy atom. The van der Waals surface area contributed by atoms with E-state index in [0.29, 0.717) is 12.5 Å². The second-order valence-electron chi connectivity index (χ2n) is 3.45. The SMILES string of the molecule is CCOc1ccc(S(=O)(=O)N[C@H](C)C(=O)O)cn1. The van der Waals surface area contributed by atoms with Crippen LogP contribution < -0.4 is 9.46 Å². The van der Waals surface area contributed by atoms with Crippen LogP contribution in [0.5, 0.6) is 5.88 Å². The number of rotatable bonds is 6. The van der Waals surface area contributed by atoms with Crippen LogP contribution in [0.4, 0.5) is 0 Å². The van der Waals surface area contributed by atoms with E-state index in [1.807, 2.05) is 4.72 Å². The summed E-state index contributed by atoms with van der Waals surface area (Å²) in [6, 6.07) is 1.50. The first kappa shape index (κ1) is 14.4. The van der Waals surface area contributed by atoms with E-state index in [-0.39, 0.29) is 4.90 Å². The molecule has 0 aliphatic carbocycles. The highest BCUT2D eigenvalue weighted by Crippen LogP contribution is 2.12. The molecule has 0 unspecified atom stereocenters. The maximum Gasteiger partial charge on any atom is 0.321 e. The second kappa shape index (κ2) is 5.78. The summed E-state index contributed by atoms with van der Waals surface area (Å²) in [7, 11) is -3.89. The third-order valence-corrected chi connectivity index (χ3v) is 3.54. The minimum atomic E-state index is -3.89. The number of aliphatic carboxylic acids is 1. The van der Waals surface area contributed by atoms with Crippen molar-refractivity contribution in [1.29, 1.82) is 0 Å². The van der Waals surface area contributed by atoms with Gasteiger partial charge in [-0.15, -0.1) is 0 Å². The van der Waals surface area contributed by atoms with Crippen LogP contribution in [0.1, 0.15) is 13.8 Å². The average molecular weight is 274 g/mol. The zero-order chi connectivity index (χ0) is 13.8. The van der Waals surface area contributed by atoms with Crippen LogP contribution in [0, 0.1) is 0 Å². The summed E-state index contributed by atoms with van der Waals surface area (Å²) in [5.74, 6) is -0.944. The molecule has 7 nitrogen and oxygen atoms in total. The van der Waals surface area contributed by atoms with Crippen molar-refractivity contribution in [3.8, 4) is 5.88 Å². The first-order valence-electron chi connectivity index (χ1n) is 5.21. The molecule has 0 fully saturated rings. The van der Waals surface area contributed by atoms with Crippen molar-refractivity contribution >= 4 is 16.0 Å². The van der Waals surface area contributed by atoms with Gasteiger partial charge in [0, 0.05) is 6.07 Å².